The summed E-state index contributed by atoms with van der Waals surface area (Å²) in [5.41, 5.74) is 0.934. The van der Waals surface area contributed by atoms with Crippen molar-refractivity contribution in [3.63, 3.8) is 0 Å². The molecule has 1 fully saturated rings. The number of benzene rings is 1. The van der Waals surface area contributed by atoms with E-state index in [2.05, 4.69) is 10.0 Å². The number of ether oxygens (including phenoxy) is 1. The van der Waals surface area contributed by atoms with E-state index in [9.17, 15) is 23.4 Å². The third-order valence-electron chi connectivity index (χ3n) is 4.10. The average Bonchev–Trinajstić information content (AvgIpc) is 2.80. The molecule has 9 heteroatoms. The molecule has 4 N–H and O–H groups in total. The molecule has 1 saturated heterocycles. The van der Waals surface area contributed by atoms with Crippen molar-refractivity contribution in [2.45, 2.75) is 62.5 Å². The zero-order valence-electron chi connectivity index (χ0n) is 15.0. The molecule has 1 aromatic carbocycles. The average molecular weight is 386 g/mol. The van der Waals surface area contributed by atoms with Gasteiger partial charge in [0.2, 0.25) is 15.9 Å². The largest absolute Gasteiger partial charge is 0.388 e. The number of sulfonamides is 1. The summed E-state index contributed by atoms with van der Waals surface area (Å²) < 4.78 is 32.5. The standard InChI is InChI=1S/C17H26N2O6S/c1-10(2)19-15(20)8-13-16(21)17(22)14(25-13)9-18-26(23,24)12-6-4-11(3)5-7-12/h4-7,10,13-14,16-18,21-22H,8-9H2,1-3H3,(H,19,20)/t13-,14+,16-,17+/m0/s1. The van der Waals surface area contributed by atoms with Crippen molar-refractivity contribution >= 4 is 15.9 Å². The molecule has 146 valence electrons. The Balaban J connectivity index is 1.95. The van der Waals surface area contributed by atoms with Gasteiger partial charge in [0.25, 0.3) is 0 Å². The number of hydrogen-bond donors (Lipinski definition) is 4. The Labute approximate surface area is 153 Å². The second-order valence-electron chi connectivity index (χ2n) is 6.79. The molecule has 0 bridgehead atoms. The van der Waals surface area contributed by atoms with E-state index >= 15 is 0 Å². The van der Waals surface area contributed by atoms with Crippen molar-refractivity contribution < 1.29 is 28.2 Å². The molecule has 1 amide bonds. The Morgan fingerprint density at radius 3 is 2.31 bits per heavy atom. The van der Waals surface area contributed by atoms with Gasteiger partial charge in [0.05, 0.1) is 17.4 Å². The number of nitrogens with one attached hydrogen (secondary N) is 2. The Bertz CT molecular complexity index is 719. The van der Waals surface area contributed by atoms with Crippen molar-refractivity contribution in [2.75, 3.05) is 6.54 Å². The number of aryl methyl sites for hydroxylation is 1. The van der Waals surface area contributed by atoms with Crippen LogP contribution in [0.3, 0.4) is 0 Å². The zero-order valence-corrected chi connectivity index (χ0v) is 15.9. The van der Waals surface area contributed by atoms with Crippen LogP contribution in [0, 0.1) is 6.92 Å². The van der Waals surface area contributed by atoms with Crippen LogP contribution in [-0.4, -0.2) is 61.5 Å². The normalized spacial score (nSPS) is 26.2. The van der Waals surface area contributed by atoms with Crippen LogP contribution < -0.4 is 10.0 Å². The fourth-order valence-electron chi connectivity index (χ4n) is 2.72. The van der Waals surface area contributed by atoms with Gasteiger partial charge < -0.3 is 20.3 Å². The van der Waals surface area contributed by atoms with Crippen molar-refractivity contribution in [3.8, 4) is 0 Å². The van der Waals surface area contributed by atoms with E-state index in [-0.39, 0.29) is 29.8 Å². The highest BCUT2D eigenvalue weighted by Crippen LogP contribution is 2.24. The van der Waals surface area contributed by atoms with Crippen LogP contribution in [-0.2, 0) is 19.6 Å². The highest BCUT2D eigenvalue weighted by molar-refractivity contribution is 7.89. The van der Waals surface area contributed by atoms with Gasteiger partial charge in [-0.2, -0.15) is 0 Å². The molecule has 2 rings (SSSR count). The number of aliphatic hydroxyl groups is 2. The molecule has 26 heavy (non-hydrogen) atoms. The van der Waals surface area contributed by atoms with Crippen LogP contribution in [0.4, 0.5) is 0 Å². The van der Waals surface area contributed by atoms with Crippen molar-refractivity contribution in [1.82, 2.24) is 10.0 Å². The summed E-state index contributed by atoms with van der Waals surface area (Å²) >= 11 is 0. The minimum Gasteiger partial charge on any atom is -0.388 e. The van der Waals surface area contributed by atoms with Gasteiger partial charge in [-0.3, -0.25) is 4.79 Å². The maximum atomic E-state index is 12.3. The molecule has 1 heterocycles. The molecule has 4 atom stereocenters. The van der Waals surface area contributed by atoms with Gasteiger partial charge in [-0.05, 0) is 32.9 Å². The van der Waals surface area contributed by atoms with Gasteiger partial charge in [0, 0.05) is 12.6 Å². The highest BCUT2D eigenvalue weighted by atomic mass is 32.2. The predicted molar refractivity (Wildman–Crippen MR) is 94.9 cm³/mol. The second-order valence-corrected chi connectivity index (χ2v) is 8.55. The van der Waals surface area contributed by atoms with Gasteiger partial charge in [-0.15, -0.1) is 0 Å². The molecule has 0 saturated carbocycles. The second kappa shape index (κ2) is 8.45. The maximum Gasteiger partial charge on any atom is 0.240 e. The summed E-state index contributed by atoms with van der Waals surface area (Å²) in [5, 5.41) is 22.8. The van der Waals surface area contributed by atoms with Crippen molar-refractivity contribution in [2.24, 2.45) is 0 Å². The van der Waals surface area contributed by atoms with E-state index in [1.54, 1.807) is 26.0 Å². The first-order valence-electron chi connectivity index (χ1n) is 8.47. The topological polar surface area (TPSA) is 125 Å². The minimum absolute atomic E-state index is 0.0527. The third kappa shape index (κ3) is 5.24. The van der Waals surface area contributed by atoms with Crippen LogP contribution in [0.25, 0.3) is 0 Å². The number of hydrogen-bond acceptors (Lipinski definition) is 6. The number of rotatable bonds is 7. The van der Waals surface area contributed by atoms with E-state index in [1.807, 2.05) is 6.92 Å². The summed E-state index contributed by atoms with van der Waals surface area (Å²) in [5.74, 6) is -0.308. The number of aliphatic hydroxyl groups excluding tert-OH is 2. The fraction of sp³-hybridized carbons (Fsp3) is 0.588. The lowest BCUT2D eigenvalue weighted by atomic mass is 10.1. The summed E-state index contributed by atoms with van der Waals surface area (Å²) in [4.78, 5) is 11.9. The molecular formula is C17H26N2O6S. The lowest BCUT2D eigenvalue weighted by Gasteiger charge is -2.16. The van der Waals surface area contributed by atoms with Gasteiger partial charge in [0.15, 0.2) is 0 Å². The molecule has 1 aliphatic rings. The molecule has 8 nitrogen and oxygen atoms in total. The van der Waals surface area contributed by atoms with E-state index in [1.165, 1.54) is 12.1 Å². The van der Waals surface area contributed by atoms with Gasteiger partial charge in [-0.1, -0.05) is 17.7 Å². The van der Waals surface area contributed by atoms with Gasteiger partial charge >= 0.3 is 0 Å². The van der Waals surface area contributed by atoms with Crippen LogP contribution in [0.2, 0.25) is 0 Å². The van der Waals surface area contributed by atoms with Crippen molar-refractivity contribution in [1.29, 1.82) is 0 Å². The van der Waals surface area contributed by atoms with Crippen molar-refractivity contribution in [3.05, 3.63) is 29.8 Å². The first-order valence-corrected chi connectivity index (χ1v) is 9.96. The molecule has 0 spiro atoms. The Morgan fingerprint density at radius 2 is 1.73 bits per heavy atom. The van der Waals surface area contributed by atoms with E-state index in [0.29, 0.717) is 0 Å². The number of carbonyl (C=O) groups is 1. The number of amides is 1. The molecule has 0 aliphatic carbocycles. The van der Waals surface area contributed by atoms with Crippen LogP contribution >= 0.6 is 0 Å². The van der Waals surface area contributed by atoms with Gasteiger partial charge in [0.1, 0.15) is 18.3 Å². The van der Waals surface area contributed by atoms with Crippen LogP contribution in [0.1, 0.15) is 25.8 Å². The highest BCUT2D eigenvalue weighted by Gasteiger charge is 2.43. The zero-order chi connectivity index (χ0) is 19.5. The summed E-state index contributed by atoms with van der Waals surface area (Å²) in [6.45, 7) is 5.25. The summed E-state index contributed by atoms with van der Waals surface area (Å²) in [6, 6.07) is 6.28. The fourth-order valence-corrected chi connectivity index (χ4v) is 3.76. The maximum absolute atomic E-state index is 12.3. The van der Waals surface area contributed by atoms with Gasteiger partial charge in [-0.25, -0.2) is 13.1 Å². The molecule has 1 aromatic rings. The third-order valence-corrected chi connectivity index (χ3v) is 5.54. The first-order chi connectivity index (χ1) is 12.1. The molecule has 0 unspecified atom stereocenters. The quantitative estimate of drug-likeness (QED) is 0.509. The summed E-state index contributed by atoms with van der Waals surface area (Å²) in [6.07, 6.45) is -4.49. The predicted octanol–water partition coefficient (Wildman–Crippen LogP) is -0.323. The first kappa shape index (κ1) is 20.8. The molecule has 0 aromatic heterocycles. The van der Waals surface area contributed by atoms with Crippen LogP contribution in [0.15, 0.2) is 29.2 Å². The summed E-state index contributed by atoms with van der Waals surface area (Å²) in [7, 11) is -3.76. The Morgan fingerprint density at radius 1 is 1.15 bits per heavy atom. The van der Waals surface area contributed by atoms with E-state index < -0.39 is 34.4 Å². The van der Waals surface area contributed by atoms with E-state index in [0.717, 1.165) is 5.56 Å². The van der Waals surface area contributed by atoms with Crippen LogP contribution in [0.5, 0.6) is 0 Å². The smallest absolute Gasteiger partial charge is 0.240 e. The lowest BCUT2D eigenvalue weighted by Crippen LogP contribution is -2.40. The molecule has 1 aliphatic heterocycles. The lowest BCUT2D eigenvalue weighted by molar-refractivity contribution is -0.125. The minimum atomic E-state index is -3.76. The molecule has 0 radical (unpaired) electrons. The monoisotopic (exact) mass is 386 g/mol. The molecular weight excluding hydrogens is 360 g/mol. The Kier molecular flexibility index (Phi) is 6.75. The van der Waals surface area contributed by atoms with E-state index in [4.69, 9.17) is 4.74 Å². The Hall–Kier alpha value is -1.52. The number of carbonyl (C=O) groups excluding carboxylic acids is 1. The SMILES string of the molecule is Cc1ccc(S(=O)(=O)NC[C@H]2O[C@@H](CC(=O)NC(C)C)[C@H](O)[C@@H]2O)cc1.